The number of anilines is 1. The molecule has 1 fully saturated rings. The zero-order valence-corrected chi connectivity index (χ0v) is 17.4. The van der Waals surface area contributed by atoms with Crippen molar-refractivity contribution in [1.29, 1.82) is 0 Å². The third-order valence-electron chi connectivity index (χ3n) is 5.15. The molecule has 1 atom stereocenters. The molecule has 1 heterocycles. The molecule has 0 saturated carbocycles. The van der Waals surface area contributed by atoms with Gasteiger partial charge in [-0.15, -0.1) is 0 Å². The topological polar surface area (TPSA) is 53.9 Å². The summed E-state index contributed by atoms with van der Waals surface area (Å²) < 4.78 is 28.3. The molecule has 0 radical (unpaired) electrons. The van der Waals surface area contributed by atoms with Crippen LogP contribution in [0.2, 0.25) is 5.02 Å². The molecule has 2 N–H and O–H groups in total. The predicted octanol–water partition coefficient (Wildman–Crippen LogP) is 2.10. The number of halogens is 1. The van der Waals surface area contributed by atoms with Crippen molar-refractivity contribution in [1.82, 2.24) is 4.72 Å². The Morgan fingerprint density at radius 1 is 1.07 bits per heavy atom. The van der Waals surface area contributed by atoms with Gasteiger partial charge in [0.25, 0.3) is 0 Å². The zero-order valence-electron chi connectivity index (χ0n) is 15.8. The van der Waals surface area contributed by atoms with E-state index in [9.17, 15) is 8.42 Å². The van der Waals surface area contributed by atoms with Gasteiger partial charge in [0.2, 0.25) is 10.0 Å². The first kappa shape index (κ1) is 20.1. The van der Waals surface area contributed by atoms with Crippen molar-refractivity contribution in [3.05, 3.63) is 59.1 Å². The van der Waals surface area contributed by atoms with Crippen LogP contribution < -0.4 is 14.5 Å². The summed E-state index contributed by atoms with van der Waals surface area (Å²) in [4.78, 5) is 3.61. The lowest BCUT2D eigenvalue weighted by Gasteiger charge is -2.26. The van der Waals surface area contributed by atoms with Gasteiger partial charge in [-0.3, -0.25) is 0 Å². The minimum atomic E-state index is -3.65. The molecule has 2 aromatic carbocycles. The molecule has 2 aromatic rings. The average molecular weight is 409 g/mol. The van der Waals surface area contributed by atoms with Crippen molar-refractivity contribution >= 4 is 27.3 Å². The molecule has 0 spiro atoms. The summed E-state index contributed by atoms with van der Waals surface area (Å²) in [6.45, 7) is 2.48. The molecule has 27 heavy (non-hydrogen) atoms. The van der Waals surface area contributed by atoms with E-state index in [2.05, 4.69) is 33.9 Å². The number of hydrogen-bond donors (Lipinski definition) is 2. The second kappa shape index (κ2) is 8.61. The first-order valence-corrected chi connectivity index (χ1v) is 11.1. The number of hydrogen-bond acceptors (Lipinski definition) is 3. The maximum Gasteiger partial charge on any atom is 0.242 e. The fourth-order valence-electron chi connectivity index (χ4n) is 3.61. The summed E-state index contributed by atoms with van der Waals surface area (Å²) in [6.07, 6.45) is 2.36. The van der Waals surface area contributed by atoms with Gasteiger partial charge in [0.15, 0.2) is 0 Å². The highest BCUT2D eigenvalue weighted by molar-refractivity contribution is 7.89. The summed E-state index contributed by atoms with van der Waals surface area (Å²) in [5.74, 6) is 0. The molecule has 7 heteroatoms. The van der Waals surface area contributed by atoms with Gasteiger partial charge in [-0.05, 0) is 24.3 Å². The van der Waals surface area contributed by atoms with E-state index in [0.717, 1.165) is 24.3 Å². The minimum absolute atomic E-state index is 0.0842. The Balaban J connectivity index is 1.81. The van der Waals surface area contributed by atoms with Crippen LogP contribution >= 0.6 is 11.6 Å². The molecule has 0 amide bonds. The molecule has 0 unspecified atom stereocenters. The summed E-state index contributed by atoms with van der Waals surface area (Å²) in [5.41, 5.74) is 2.28. The Kier molecular flexibility index (Phi) is 6.42. The molecule has 146 valence electrons. The first-order valence-electron chi connectivity index (χ1n) is 9.24. The number of benzene rings is 2. The molecular formula is C20H27ClN3O2S+. The van der Waals surface area contributed by atoms with Gasteiger partial charge < -0.3 is 9.80 Å². The van der Waals surface area contributed by atoms with Crippen LogP contribution in [0.15, 0.2) is 53.4 Å². The van der Waals surface area contributed by atoms with Gasteiger partial charge in [0.05, 0.1) is 24.7 Å². The van der Waals surface area contributed by atoms with Crippen LogP contribution in [0.5, 0.6) is 0 Å². The van der Waals surface area contributed by atoms with Crippen LogP contribution in [0.1, 0.15) is 24.4 Å². The van der Waals surface area contributed by atoms with Crippen molar-refractivity contribution in [3.63, 3.8) is 0 Å². The maximum absolute atomic E-state index is 12.7. The molecule has 0 bridgehead atoms. The van der Waals surface area contributed by atoms with Crippen LogP contribution in [0.3, 0.4) is 0 Å². The second-order valence-corrected chi connectivity index (χ2v) is 9.33. The van der Waals surface area contributed by atoms with E-state index in [1.807, 2.05) is 14.1 Å². The Labute approximate surface area is 167 Å². The van der Waals surface area contributed by atoms with E-state index in [-0.39, 0.29) is 16.0 Å². The monoisotopic (exact) mass is 408 g/mol. The lowest BCUT2D eigenvalue weighted by Crippen LogP contribution is -3.11. The first-order chi connectivity index (χ1) is 12.9. The largest absolute Gasteiger partial charge is 0.378 e. The van der Waals surface area contributed by atoms with Crippen molar-refractivity contribution in [2.24, 2.45) is 0 Å². The molecule has 1 aliphatic rings. The highest BCUT2D eigenvalue weighted by Crippen LogP contribution is 2.21. The van der Waals surface area contributed by atoms with Gasteiger partial charge >= 0.3 is 0 Å². The normalized spacial score (nSPS) is 16.4. The van der Waals surface area contributed by atoms with Crippen LogP contribution in [0.25, 0.3) is 0 Å². The summed E-state index contributed by atoms with van der Waals surface area (Å²) in [6, 6.07) is 15.0. The Hall–Kier alpha value is -1.60. The number of likely N-dealkylation sites (tertiary alicyclic amines) is 1. The highest BCUT2D eigenvalue weighted by atomic mass is 35.5. The number of nitrogens with one attached hydrogen (secondary N) is 2. The Morgan fingerprint density at radius 2 is 1.70 bits per heavy atom. The van der Waals surface area contributed by atoms with Crippen molar-refractivity contribution in [2.45, 2.75) is 23.8 Å². The van der Waals surface area contributed by atoms with Crippen LogP contribution in [0, 0.1) is 0 Å². The SMILES string of the molecule is CN(C)c1ccc([C@@H](CNS(=O)(=O)c2ccccc2Cl)[NH+]2CCCC2)cc1. The average Bonchev–Trinajstić information content (AvgIpc) is 3.17. The van der Waals surface area contributed by atoms with E-state index in [4.69, 9.17) is 11.6 Å². The smallest absolute Gasteiger partial charge is 0.242 e. The molecular weight excluding hydrogens is 382 g/mol. The molecule has 1 saturated heterocycles. The minimum Gasteiger partial charge on any atom is -0.378 e. The number of sulfonamides is 1. The molecule has 0 aliphatic carbocycles. The standard InChI is InChI=1S/C20H26ClN3O2S/c1-23(2)17-11-9-16(10-12-17)19(24-13-5-6-14-24)15-22-27(25,26)20-8-4-3-7-18(20)21/h3-4,7-12,19,22H,5-6,13-15H2,1-2H3/p+1/t19-/m1/s1. The number of quaternary nitrogens is 1. The van der Waals surface area contributed by atoms with Crippen molar-refractivity contribution < 1.29 is 13.3 Å². The summed E-state index contributed by atoms with van der Waals surface area (Å²) >= 11 is 6.09. The third-order valence-corrected chi connectivity index (χ3v) is 7.08. The molecule has 1 aliphatic heterocycles. The Morgan fingerprint density at radius 3 is 2.30 bits per heavy atom. The highest BCUT2D eigenvalue weighted by Gasteiger charge is 2.29. The van der Waals surface area contributed by atoms with E-state index in [1.165, 1.54) is 23.8 Å². The number of nitrogens with zero attached hydrogens (tertiary/aromatic N) is 1. The van der Waals surface area contributed by atoms with Crippen LogP contribution in [0.4, 0.5) is 5.69 Å². The third kappa shape index (κ3) is 4.82. The summed E-state index contributed by atoms with van der Waals surface area (Å²) in [7, 11) is 0.371. The second-order valence-electron chi connectivity index (χ2n) is 7.19. The predicted molar refractivity (Wildman–Crippen MR) is 110 cm³/mol. The number of rotatable bonds is 7. The van der Waals surface area contributed by atoms with Gasteiger partial charge in [-0.1, -0.05) is 35.9 Å². The molecule has 0 aromatic heterocycles. The van der Waals surface area contributed by atoms with Gasteiger partial charge in [0.1, 0.15) is 10.9 Å². The van der Waals surface area contributed by atoms with E-state index in [0.29, 0.717) is 6.54 Å². The van der Waals surface area contributed by atoms with Crippen molar-refractivity contribution in [2.75, 3.05) is 38.6 Å². The van der Waals surface area contributed by atoms with Gasteiger partial charge in [-0.2, -0.15) is 0 Å². The van der Waals surface area contributed by atoms with Gasteiger partial charge in [-0.25, -0.2) is 13.1 Å². The van der Waals surface area contributed by atoms with E-state index in [1.54, 1.807) is 18.2 Å². The fourth-order valence-corrected chi connectivity index (χ4v) is 5.18. The quantitative estimate of drug-likeness (QED) is 0.737. The molecule has 5 nitrogen and oxygen atoms in total. The van der Waals surface area contributed by atoms with Gasteiger partial charge in [0, 0.05) is 38.2 Å². The lowest BCUT2D eigenvalue weighted by atomic mass is 10.1. The molecule has 3 rings (SSSR count). The summed E-state index contributed by atoms with van der Waals surface area (Å²) in [5, 5.41) is 0.241. The maximum atomic E-state index is 12.7. The van der Waals surface area contributed by atoms with Crippen LogP contribution in [-0.4, -0.2) is 42.1 Å². The van der Waals surface area contributed by atoms with E-state index < -0.39 is 10.0 Å². The van der Waals surface area contributed by atoms with Crippen LogP contribution in [-0.2, 0) is 10.0 Å². The fraction of sp³-hybridized carbons (Fsp3) is 0.400. The Bertz CT molecular complexity index is 863. The zero-order chi connectivity index (χ0) is 19.4. The lowest BCUT2D eigenvalue weighted by molar-refractivity contribution is -0.918. The van der Waals surface area contributed by atoms with E-state index >= 15 is 0 Å². The van der Waals surface area contributed by atoms with Crippen molar-refractivity contribution in [3.8, 4) is 0 Å².